The number of oxazole rings is 1. The number of nitrogens with zero attached hydrogens (tertiary/aromatic N) is 1. The molecule has 0 bridgehead atoms. The van der Waals surface area contributed by atoms with E-state index < -0.39 is 5.97 Å². The van der Waals surface area contributed by atoms with Crippen LogP contribution in [-0.4, -0.2) is 16.7 Å². The van der Waals surface area contributed by atoms with Gasteiger partial charge in [0.05, 0.1) is 6.20 Å². The lowest BCUT2D eigenvalue weighted by atomic mass is 10.3. The van der Waals surface area contributed by atoms with Crippen molar-refractivity contribution in [2.45, 2.75) is 13.3 Å². The number of esters is 1. The zero-order chi connectivity index (χ0) is 8.97. The predicted molar refractivity (Wildman–Crippen MR) is 37.4 cm³/mol. The maximum atomic E-state index is 10.8. The highest BCUT2D eigenvalue weighted by Crippen LogP contribution is 2.05. The molecule has 12 heavy (non-hydrogen) atoms. The highest BCUT2D eigenvalue weighted by molar-refractivity contribution is 5.94. The molecule has 0 aliphatic heterocycles. The van der Waals surface area contributed by atoms with Gasteiger partial charge in [-0.15, -0.1) is 0 Å². The number of aromatic nitrogens is 1. The van der Waals surface area contributed by atoms with Crippen LogP contribution in [-0.2, 0) is 9.59 Å². The fourth-order valence-electron chi connectivity index (χ4n) is 0.597. The lowest BCUT2D eigenvalue weighted by molar-refractivity contribution is -0.138. The molecule has 0 atom stereocenters. The molecule has 0 fully saturated rings. The molecule has 1 rings (SSSR count). The minimum Gasteiger partial charge on any atom is -0.417 e. The number of carbonyl (C=O) groups is 2. The Morgan fingerprint density at radius 2 is 2.42 bits per heavy atom. The first-order valence-corrected chi connectivity index (χ1v) is 3.28. The summed E-state index contributed by atoms with van der Waals surface area (Å²) in [5.74, 6) is -0.920. The van der Waals surface area contributed by atoms with Crippen LogP contribution in [0.4, 0.5) is 0 Å². The van der Waals surface area contributed by atoms with Crippen molar-refractivity contribution in [1.29, 1.82) is 0 Å². The summed E-state index contributed by atoms with van der Waals surface area (Å²) in [6.07, 6.45) is 2.22. The zero-order valence-electron chi connectivity index (χ0n) is 6.44. The molecule has 5 heteroatoms. The van der Waals surface area contributed by atoms with Gasteiger partial charge in [0, 0.05) is 0 Å². The lowest BCUT2D eigenvalue weighted by Crippen LogP contribution is -2.11. The maximum absolute atomic E-state index is 10.8. The Labute approximate surface area is 68.3 Å². The van der Waals surface area contributed by atoms with E-state index in [0.29, 0.717) is 0 Å². The summed E-state index contributed by atoms with van der Waals surface area (Å²) in [7, 11) is 0. The van der Waals surface area contributed by atoms with E-state index in [2.05, 4.69) is 14.1 Å². The first kappa shape index (κ1) is 8.45. The average molecular weight is 169 g/mol. The number of carbonyl (C=O) groups excluding carboxylic acids is 2. The maximum Gasteiger partial charge on any atom is 0.401 e. The number of hydrogen-bond donors (Lipinski definition) is 0. The van der Waals surface area contributed by atoms with Crippen LogP contribution < -0.4 is 4.74 Å². The minimum absolute atomic E-state index is 0.138. The van der Waals surface area contributed by atoms with Crippen LogP contribution in [0.2, 0.25) is 0 Å². The van der Waals surface area contributed by atoms with Gasteiger partial charge in [0.25, 0.3) is 0 Å². The zero-order valence-corrected chi connectivity index (χ0v) is 6.44. The van der Waals surface area contributed by atoms with Crippen LogP contribution in [0.5, 0.6) is 6.08 Å². The summed E-state index contributed by atoms with van der Waals surface area (Å²) in [6, 6.07) is 0. The van der Waals surface area contributed by atoms with Crippen molar-refractivity contribution in [3.8, 4) is 6.08 Å². The Morgan fingerprint density at radius 3 is 2.92 bits per heavy atom. The smallest absolute Gasteiger partial charge is 0.401 e. The van der Waals surface area contributed by atoms with E-state index in [1.54, 1.807) is 0 Å². The molecule has 0 saturated carbocycles. The molecule has 0 spiro atoms. The molecule has 0 saturated heterocycles. The largest absolute Gasteiger partial charge is 0.417 e. The van der Waals surface area contributed by atoms with Gasteiger partial charge in [-0.25, -0.2) is 0 Å². The van der Waals surface area contributed by atoms with Crippen LogP contribution >= 0.6 is 0 Å². The molecule has 1 aromatic heterocycles. The van der Waals surface area contributed by atoms with Gasteiger partial charge in [-0.3, -0.25) is 9.59 Å². The summed E-state index contributed by atoms with van der Waals surface area (Å²) in [6.45, 7) is 1.30. The van der Waals surface area contributed by atoms with Crippen molar-refractivity contribution in [1.82, 2.24) is 4.98 Å². The molecule has 0 radical (unpaired) electrons. The van der Waals surface area contributed by atoms with E-state index in [1.807, 2.05) is 0 Å². The van der Waals surface area contributed by atoms with Crippen molar-refractivity contribution in [3.63, 3.8) is 0 Å². The Hall–Kier alpha value is -1.65. The molecular weight excluding hydrogens is 162 g/mol. The predicted octanol–water partition coefficient (Wildman–Crippen LogP) is 0.559. The van der Waals surface area contributed by atoms with Gasteiger partial charge in [-0.2, -0.15) is 4.98 Å². The number of ether oxygens (including phenoxy) is 1. The highest BCUT2D eigenvalue weighted by atomic mass is 16.6. The fourth-order valence-corrected chi connectivity index (χ4v) is 0.597. The van der Waals surface area contributed by atoms with Crippen LogP contribution in [0.3, 0.4) is 0 Å². The summed E-state index contributed by atoms with van der Waals surface area (Å²) < 4.78 is 9.15. The van der Waals surface area contributed by atoms with Crippen molar-refractivity contribution in [2.24, 2.45) is 0 Å². The molecule has 0 amide bonds. The van der Waals surface area contributed by atoms with Gasteiger partial charge in [-0.05, 0) is 6.92 Å². The molecule has 0 aliphatic carbocycles. The molecule has 0 unspecified atom stereocenters. The van der Waals surface area contributed by atoms with Crippen LogP contribution in [0, 0.1) is 0 Å². The Balaban J connectivity index is 2.42. The van der Waals surface area contributed by atoms with E-state index in [1.165, 1.54) is 19.4 Å². The average Bonchev–Trinajstić information content (AvgIpc) is 2.37. The molecule has 0 aromatic carbocycles. The molecule has 64 valence electrons. The molecule has 1 heterocycles. The quantitative estimate of drug-likeness (QED) is 0.488. The van der Waals surface area contributed by atoms with E-state index >= 15 is 0 Å². The van der Waals surface area contributed by atoms with Crippen LogP contribution in [0.15, 0.2) is 16.9 Å². The second-order valence-electron chi connectivity index (χ2n) is 2.15. The molecular formula is C7H7NO4. The van der Waals surface area contributed by atoms with Gasteiger partial charge in [0.2, 0.25) is 0 Å². The minimum atomic E-state index is -0.662. The van der Waals surface area contributed by atoms with Crippen molar-refractivity contribution >= 4 is 11.8 Å². The standard InChI is InChI=1S/C7H7NO4/c1-5(9)4-6(10)12-7-8-2-3-11-7/h2-3H,4H2,1H3. The fraction of sp³-hybridized carbons (Fsp3) is 0.286. The van der Waals surface area contributed by atoms with E-state index in [0.717, 1.165) is 0 Å². The van der Waals surface area contributed by atoms with Crippen LogP contribution in [0.25, 0.3) is 0 Å². The number of hydrogen-bond acceptors (Lipinski definition) is 5. The lowest BCUT2D eigenvalue weighted by Gasteiger charge is -1.94. The topological polar surface area (TPSA) is 69.4 Å². The van der Waals surface area contributed by atoms with E-state index in [9.17, 15) is 9.59 Å². The first-order chi connectivity index (χ1) is 5.68. The third-order valence-corrected chi connectivity index (χ3v) is 1.00. The van der Waals surface area contributed by atoms with Crippen molar-refractivity contribution in [3.05, 3.63) is 12.5 Å². The first-order valence-electron chi connectivity index (χ1n) is 3.28. The Bertz CT molecular complexity index is 278. The van der Waals surface area contributed by atoms with Gasteiger partial charge < -0.3 is 9.15 Å². The summed E-state index contributed by atoms with van der Waals surface area (Å²) in [5, 5.41) is 0. The van der Waals surface area contributed by atoms with Crippen LogP contribution in [0.1, 0.15) is 13.3 Å². The van der Waals surface area contributed by atoms with Gasteiger partial charge in [-0.1, -0.05) is 0 Å². The second-order valence-corrected chi connectivity index (χ2v) is 2.15. The highest BCUT2D eigenvalue weighted by Gasteiger charge is 2.09. The number of ketones is 1. The second kappa shape index (κ2) is 3.66. The molecule has 0 N–H and O–H groups in total. The van der Waals surface area contributed by atoms with E-state index in [4.69, 9.17) is 0 Å². The van der Waals surface area contributed by atoms with Gasteiger partial charge in [0.15, 0.2) is 0 Å². The Kier molecular flexibility index (Phi) is 2.57. The monoisotopic (exact) mass is 169 g/mol. The summed E-state index contributed by atoms with van der Waals surface area (Å²) in [4.78, 5) is 24.8. The molecule has 5 nitrogen and oxygen atoms in total. The third kappa shape index (κ3) is 2.53. The SMILES string of the molecule is CC(=O)CC(=O)Oc1ncco1. The summed E-state index contributed by atoms with van der Waals surface area (Å²) >= 11 is 0. The Morgan fingerprint density at radius 1 is 1.67 bits per heavy atom. The van der Waals surface area contributed by atoms with E-state index in [-0.39, 0.29) is 18.3 Å². The number of Topliss-reactive ketones (excluding diaryl/α,β-unsaturated/α-hetero) is 1. The normalized spacial score (nSPS) is 9.42. The summed E-state index contributed by atoms with van der Waals surface area (Å²) in [5.41, 5.74) is 0. The van der Waals surface area contributed by atoms with Crippen molar-refractivity contribution < 1.29 is 18.7 Å². The van der Waals surface area contributed by atoms with Gasteiger partial charge >= 0.3 is 12.0 Å². The van der Waals surface area contributed by atoms with Gasteiger partial charge in [0.1, 0.15) is 18.5 Å². The number of rotatable bonds is 3. The molecule has 1 aromatic rings. The third-order valence-electron chi connectivity index (χ3n) is 1.00. The van der Waals surface area contributed by atoms with Crippen molar-refractivity contribution in [2.75, 3.05) is 0 Å². The molecule has 0 aliphatic rings.